The SMILES string of the molecule is CCc1ccc(OCC(=O)OCc2cc(=O)oc3cc(O)c(CC)cc23)cc1. The van der Waals surface area contributed by atoms with Crippen LogP contribution in [0.25, 0.3) is 11.0 Å². The van der Waals surface area contributed by atoms with E-state index in [1.807, 2.05) is 19.1 Å². The minimum Gasteiger partial charge on any atom is -0.508 e. The molecule has 0 aliphatic carbocycles. The fourth-order valence-electron chi connectivity index (χ4n) is 2.87. The Bertz CT molecular complexity index is 1030. The maximum Gasteiger partial charge on any atom is 0.344 e. The molecular formula is C22H22O6. The molecule has 28 heavy (non-hydrogen) atoms. The highest BCUT2D eigenvalue weighted by Gasteiger charge is 2.12. The number of ether oxygens (including phenoxy) is 2. The van der Waals surface area contributed by atoms with E-state index < -0.39 is 11.6 Å². The highest BCUT2D eigenvalue weighted by molar-refractivity contribution is 5.83. The highest BCUT2D eigenvalue weighted by Crippen LogP contribution is 2.27. The molecule has 0 atom stereocenters. The summed E-state index contributed by atoms with van der Waals surface area (Å²) in [6, 6.07) is 11.9. The van der Waals surface area contributed by atoms with Crippen molar-refractivity contribution in [2.75, 3.05) is 6.61 Å². The lowest BCUT2D eigenvalue weighted by Gasteiger charge is -2.10. The molecule has 0 bridgehead atoms. The van der Waals surface area contributed by atoms with Gasteiger partial charge in [-0.1, -0.05) is 26.0 Å². The van der Waals surface area contributed by atoms with Gasteiger partial charge in [-0.2, -0.15) is 0 Å². The molecule has 3 rings (SSSR count). The highest BCUT2D eigenvalue weighted by atomic mass is 16.6. The van der Waals surface area contributed by atoms with Crippen molar-refractivity contribution in [1.82, 2.24) is 0 Å². The summed E-state index contributed by atoms with van der Waals surface area (Å²) in [5, 5.41) is 10.6. The lowest BCUT2D eigenvalue weighted by Crippen LogP contribution is -2.15. The summed E-state index contributed by atoms with van der Waals surface area (Å²) < 4.78 is 15.8. The van der Waals surface area contributed by atoms with Gasteiger partial charge < -0.3 is 19.0 Å². The standard InChI is InChI=1S/C22H22O6/c1-3-14-5-7-17(8-6-14)26-13-22(25)27-12-16-10-21(24)28-20-11-19(23)15(4-2)9-18(16)20/h5-11,23H,3-4,12-13H2,1-2H3. The lowest BCUT2D eigenvalue weighted by atomic mass is 10.0. The quantitative estimate of drug-likeness (QED) is 0.495. The third kappa shape index (κ3) is 4.52. The number of hydrogen-bond acceptors (Lipinski definition) is 6. The molecule has 0 aliphatic heterocycles. The summed E-state index contributed by atoms with van der Waals surface area (Å²) in [4.78, 5) is 23.8. The second-order valence-electron chi connectivity index (χ2n) is 6.37. The number of phenols is 1. The van der Waals surface area contributed by atoms with Crippen LogP contribution < -0.4 is 10.4 Å². The fraction of sp³-hybridized carbons (Fsp3) is 0.273. The van der Waals surface area contributed by atoms with E-state index in [1.165, 1.54) is 17.7 Å². The van der Waals surface area contributed by atoms with E-state index in [9.17, 15) is 14.7 Å². The zero-order valence-electron chi connectivity index (χ0n) is 15.9. The molecule has 0 spiro atoms. The average molecular weight is 382 g/mol. The van der Waals surface area contributed by atoms with Gasteiger partial charge in [0.05, 0.1) is 0 Å². The zero-order chi connectivity index (χ0) is 20.1. The first-order chi connectivity index (χ1) is 13.5. The van der Waals surface area contributed by atoms with E-state index in [2.05, 4.69) is 6.92 Å². The second kappa shape index (κ2) is 8.61. The predicted molar refractivity (Wildman–Crippen MR) is 105 cm³/mol. The lowest BCUT2D eigenvalue weighted by molar-refractivity contribution is -0.147. The minimum atomic E-state index is -0.575. The van der Waals surface area contributed by atoms with Crippen LogP contribution in [0.2, 0.25) is 0 Å². The van der Waals surface area contributed by atoms with E-state index in [1.54, 1.807) is 18.2 Å². The Morgan fingerprint density at radius 2 is 1.79 bits per heavy atom. The number of rotatable bonds is 7. The number of carbonyl (C=O) groups excluding carboxylic acids is 1. The molecule has 6 heteroatoms. The van der Waals surface area contributed by atoms with Gasteiger partial charge in [0.1, 0.15) is 23.7 Å². The molecule has 0 unspecified atom stereocenters. The molecule has 0 saturated heterocycles. The van der Waals surface area contributed by atoms with Crippen molar-refractivity contribution in [1.29, 1.82) is 0 Å². The Hall–Kier alpha value is -3.28. The number of hydrogen-bond donors (Lipinski definition) is 1. The minimum absolute atomic E-state index is 0.0646. The van der Waals surface area contributed by atoms with Gasteiger partial charge in [0, 0.05) is 23.1 Å². The fourth-order valence-corrected chi connectivity index (χ4v) is 2.87. The van der Waals surface area contributed by atoms with E-state index in [0.717, 1.165) is 6.42 Å². The van der Waals surface area contributed by atoms with Crippen molar-refractivity contribution in [2.45, 2.75) is 33.3 Å². The van der Waals surface area contributed by atoms with Gasteiger partial charge in [-0.25, -0.2) is 9.59 Å². The Morgan fingerprint density at radius 1 is 1.04 bits per heavy atom. The van der Waals surface area contributed by atoms with E-state index in [0.29, 0.717) is 28.7 Å². The number of phenolic OH excluding ortho intramolecular Hbond substituents is 1. The van der Waals surface area contributed by atoms with Crippen LogP contribution in [0.15, 0.2) is 51.7 Å². The van der Waals surface area contributed by atoms with Crippen molar-refractivity contribution in [3.63, 3.8) is 0 Å². The summed E-state index contributed by atoms with van der Waals surface area (Å²) >= 11 is 0. The first kappa shape index (κ1) is 19.5. The monoisotopic (exact) mass is 382 g/mol. The smallest absolute Gasteiger partial charge is 0.344 e. The molecule has 2 aromatic carbocycles. The molecule has 146 valence electrons. The third-order valence-electron chi connectivity index (χ3n) is 4.49. The number of carbonyl (C=O) groups is 1. The van der Waals surface area contributed by atoms with Gasteiger partial charge >= 0.3 is 11.6 Å². The summed E-state index contributed by atoms with van der Waals surface area (Å²) in [6.07, 6.45) is 1.55. The van der Waals surface area contributed by atoms with Crippen molar-refractivity contribution < 1.29 is 23.8 Å². The molecule has 0 radical (unpaired) electrons. The van der Waals surface area contributed by atoms with Crippen LogP contribution in [0.1, 0.15) is 30.5 Å². The molecule has 0 amide bonds. The second-order valence-corrected chi connectivity index (χ2v) is 6.37. The zero-order valence-corrected chi connectivity index (χ0v) is 15.9. The Labute approximate surface area is 162 Å². The van der Waals surface area contributed by atoms with E-state index in [4.69, 9.17) is 13.9 Å². The largest absolute Gasteiger partial charge is 0.508 e. The van der Waals surface area contributed by atoms with Crippen LogP contribution in [0.3, 0.4) is 0 Å². The van der Waals surface area contributed by atoms with Gasteiger partial charge in [0.25, 0.3) is 0 Å². The van der Waals surface area contributed by atoms with Crippen molar-refractivity contribution in [3.8, 4) is 11.5 Å². The number of fused-ring (bicyclic) bond motifs is 1. The van der Waals surface area contributed by atoms with Gasteiger partial charge in [0.2, 0.25) is 0 Å². The molecule has 0 fully saturated rings. The maximum atomic E-state index is 12.0. The van der Waals surface area contributed by atoms with Crippen molar-refractivity contribution in [3.05, 3.63) is 69.6 Å². The van der Waals surface area contributed by atoms with Crippen LogP contribution in [-0.4, -0.2) is 17.7 Å². The third-order valence-corrected chi connectivity index (χ3v) is 4.49. The van der Waals surface area contributed by atoms with Crippen molar-refractivity contribution >= 4 is 16.9 Å². The molecule has 0 aliphatic rings. The number of aromatic hydroxyl groups is 1. The molecule has 3 aromatic rings. The molecule has 1 heterocycles. The first-order valence-electron chi connectivity index (χ1n) is 9.16. The molecule has 1 N–H and O–H groups in total. The summed E-state index contributed by atoms with van der Waals surface area (Å²) in [5.41, 5.74) is 2.09. The molecule has 1 aromatic heterocycles. The van der Waals surface area contributed by atoms with Crippen LogP contribution in [0.4, 0.5) is 0 Å². The molecule has 0 saturated carbocycles. The van der Waals surface area contributed by atoms with Gasteiger partial charge in [-0.05, 0) is 42.2 Å². The Morgan fingerprint density at radius 3 is 2.46 bits per heavy atom. The number of esters is 1. The number of aryl methyl sites for hydroxylation is 2. The Kier molecular flexibility index (Phi) is 5.99. The molecular weight excluding hydrogens is 360 g/mol. The summed E-state index contributed by atoms with van der Waals surface area (Å²) in [7, 11) is 0. The van der Waals surface area contributed by atoms with Gasteiger partial charge in [-0.15, -0.1) is 0 Å². The summed E-state index contributed by atoms with van der Waals surface area (Å²) in [5.74, 6) is 0.105. The van der Waals surface area contributed by atoms with Gasteiger partial charge in [0.15, 0.2) is 6.61 Å². The van der Waals surface area contributed by atoms with E-state index >= 15 is 0 Å². The number of benzene rings is 2. The topological polar surface area (TPSA) is 86.0 Å². The van der Waals surface area contributed by atoms with Crippen LogP contribution in [0.5, 0.6) is 11.5 Å². The normalized spacial score (nSPS) is 10.8. The predicted octanol–water partition coefficient (Wildman–Crippen LogP) is 3.75. The summed E-state index contributed by atoms with van der Waals surface area (Å²) in [6.45, 7) is 3.65. The average Bonchev–Trinajstić information content (AvgIpc) is 2.70. The van der Waals surface area contributed by atoms with Crippen LogP contribution in [-0.2, 0) is 29.0 Å². The first-order valence-corrected chi connectivity index (χ1v) is 9.16. The molecule has 6 nitrogen and oxygen atoms in total. The van der Waals surface area contributed by atoms with E-state index in [-0.39, 0.29) is 24.5 Å². The Balaban J connectivity index is 1.68. The maximum absolute atomic E-state index is 12.0. The van der Waals surface area contributed by atoms with Crippen molar-refractivity contribution in [2.24, 2.45) is 0 Å². The van der Waals surface area contributed by atoms with Crippen LogP contribution in [0, 0.1) is 0 Å². The van der Waals surface area contributed by atoms with Gasteiger partial charge in [-0.3, -0.25) is 0 Å². The van der Waals surface area contributed by atoms with Crippen LogP contribution >= 0.6 is 0 Å².